The first-order chi connectivity index (χ1) is 6.75. The van der Waals surface area contributed by atoms with Gasteiger partial charge in [-0.3, -0.25) is 4.90 Å². The van der Waals surface area contributed by atoms with Gasteiger partial charge < -0.3 is 15.4 Å². The summed E-state index contributed by atoms with van der Waals surface area (Å²) in [6.07, 6.45) is -0.249. The van der Waals surface area contributed by atoms with Gasteiger partial charge in [0, 0.05) is 32.2 Å². The molecule has 2 aliphatic heterocycles. The Bertz CT molecular complexity index is 222. The molecule has 2 fully saturated rings. The second-order valence-electron chi connectivity index (χ2n) is 3.96. The van der Waals surface area contributed by atoms with Crippen LogP contribution in [0.25, 0.3) is 0 Å². The Morgan fingerprint density at radius 2 is 2.43 bits per heavy atom. The van der Waals surface area contributed by atoms with Gasteiger partial charge in [-0.15, -0.1) is 0 Å². The molecule has 0 saturated carbocycles. The molecular weight excluding hydrogens is 182 g/mol. The van der Waals surface area contributed by atoms with Crippen LogP contribution in [0.3, 0.4) is 0 Å². The number of piperazine rings is 1. The van der Waals surface area contributed by atoms with E-state index in [1.165, 1.54) is 0 Å². The fourth-order valence-electron chi connectivity index (χ4n) is 1.95. The highest BCUT2D eigenvalue weighted by atomic mass is 16.6. The standard InChI is InChI=1S/C9H17N3O2/c1-7-4-10-2-3-12(7)6-8-5-11-9(13)14-8/h7-8,10H,2-6H2,1H3,(H,11,13). The number of alkyl carbamates (subject to hydrolysis) is 1. The van der Waals surface area contributed by atoms with Gasteiger partial charge in [0.2, 0.25) is 0 Å². The van der Waals surface area contributed by atoms with E-state index in [0.29, 0.717) is 12.6 Å². The third kappa shape index (κ3) is 2.16. The lowest BCUT2D eigenvalue weighted by atomic mass is 10.2. The van der Waals surface area contributed by atoms with Crippen LogP contribution in [0.2, 0.25) is 0 Å². The second kappa shape index (κ2) is 4.14. The van der Waals surface area contributed by atoms with E-state index in [1.54, 1.807) is 0 Å². The van der Waals surface area contributed by atoms with Gasteiger partial charge in [-0.1, -0.05) is 0 Å². The molecule has 2 unspecified atom stereocenters. The SMILES string of the molecule is CC1CNCCN1CC1CNC(=O)O1. The summed E-state index contributed by atoms with van der Waals surface area (Å²) in [6.45, 7) is 6.77. The summed E-state index contributed by atoms with van der Waals surface area (Å²) in [4.78, 5) is 13.2. The van der Waals surface area contributed by atoms with Gasteiger partial charge in [0.05, 0.1) is 6.54 Å². The van der Waals surface area contributed by atoms with Crippen molar-refractivity contribution in [3.63, 3.8) is 0 Å². The summed E-state index contributed by atoms with van der Waals surface area (Å²) in [5.41, 5.74) is 0. The van der Waals surface area contributed by atoms with Gasteiger partial charge in [0.15, 0.2) is 0 Å². The molecule has 2 aliphatic rings. The molecule has 0 spiro atoms. The van der Waals surface area contributed by atoms with Gasteiger partial charge >= 0.3 is 6.09 Å². The lowest BCUT2D eigenvalue weighted by Gasteiger charge is -2.34. The fraction of sp³-hybridized carbons (Fsp3) is 0.889. The first-order valence-electron chi connectivity index (χ1n) is 5.15. The van der Waals surface area contributed by atoms with Crippen LogP contribution in [0.4, 0.5) is 4.79 Å². The minimum atomic E-state index is -0.280. The molecule has 2 N–H and O–H groups in total. The summed E-state index contributed by atoms with van der Waals surface area (Å²) in [7, 11) is 0. The molecule has 2 rings (SSSR count). The number of nitrogens with zero attached hydrogens (tertiary/aromatic N) is 1. The quantitative estimate of drug-likeness (QED) is 0.623. The van der Waals surface area contributed by atoms with Crippen LogP contribution in [-0.2, 0) is 4.74 Å². The Morgan fingerprint density at radius 1 is 1.57 bits per heavy atom. The van der Waals surface area contributed by atoms with Crippen molar-refractivity contribution in [3.8, 4) is 0 Å². The largest absolute Gasteiger partial charge is 0.443 e. The zero-order chi connectivity index (χ0) is 9.97. The highest BCUT2D eigenvalue weighted by Crippen LogP contribution is 2.07. The van der Waals surface area contributed by atoms with Crippen molar-refractivity contribution in [1.29, 1.82) is 0 Å². The number of hydrogen-bond donors (Lipinski definition) is 2. The molecule has 0 aromatic rings. The van der Waals surface area contributed by atoms with E-state index < -0.39 is 0 Å². The molecule has 0 radical (unpaired) electrons. The highest BCUT2D eigenvalue weighted by Gasteiger charge is 2.27. The maximum absolute atomic E-state index is 10.8. The predicted molar refractivity (Wildman–Crippen MR) is 52.2 cm³/mol. The summed E-state index contributed by atoms with van der Waals surface area (Å²) >= 11 is 0. The molecule has 14 heavy (non-hydrogen) atoms. The number of hydrogen-bond acceptors (Lipinski definition) is 4. The third-order valence-corrected chi connectivity index (χ3v) is 2.82. The van der Waals surface area contributed by atoms with Gasteiger partial charge in [0.25, 0.3) is 0 Å². The van der Waals surface area contributed by atoms with Crippen molar-refractivity contribution in [2.45, 2.75) is 19.1 Å². The molecule has 0 aromatic heterocycles. The molecule has 0 bridgehead atoms. The van der Waals surface area contributed by atoms with E-state index in [1.807, 2.05) is 0 Å². The van der Waals surface area contributed by atoms with Crippen molar-refractivity contribution in [2.24, 2.45) is 0 Å². The summed E-state index contributed by atoms with van der Waals surface area (Å²) in [5.74, 6) is 0. The van der Waals surface area contributed by atoms with Crippen molar-refractivity contribution < 1.29 is 9.53 Å². The van der Waals surface area contributed by atoms with E-state index in [9.17, 15) is 4.79 Å². The number of rotatable bonds is 2. The first kappa shape index (κ1) is 9.73. The molecule has 80 valence electrons. The average molecular weight is 199 g/mol. The number of ether oxygens (including phenoxy) is 1. The van der Waals surface area contributed by atoms with Crippen molar-refractivity contribution in [3.05, 3.63) is 0 Å². The van der Waals surface area contributed by atoms with Crippen molar-refractivity contribution in [2.75, 3.05) is 32.7 Å². The molecule has 2 heterocycles. The Morgan fingerprint density at radius 3 is 3.07 bits per heavy atom. The van der Waals surface area contributed by atoms with Gasteiger partial charge in [-0.2, -0.15) is 0 Å². The number of carbonyl (C=O) groups is 1. The zero-order valence-electron chi connectivity index (χ0n) is 8.45. The van der Waals surface area contributed by atoms with Crippen LogP contribution in [0, 0.1) is 0 Å². The molecule has 5 heteroatoms. The number of cyclic esters (lactones) is 1. The Balaban J connectivity index is 1.81. The van der Waals surface area contributed by atoms with Gasteiger partial charge in [-0.05, 0) is 6.92 Å². The third-order valence-electron chi connectivity index (χ3n) is 2.82. The smallest absolute Gasteiger partial charge is 0.407 e. The molecule has 2 atom stereocenters. The van der Waals surface area contributed by atoms with Gasteiger partial charge in [0.1, 0.15) is 6.10 Å². The molecule has 0 aliphatic carbocycles. The summed E-state index contributed by atoms with van der Waals surface area (Å²) in [6, 6.07) is 0.531. The molecule has 2 saturated heterocycles. The second-order valence-corrected chi connectivity index (χ2v) is 3.96. The minimum Gasteiger partial charge on any atom is -0.443 e. The van der Waals surface area contributed by atoms with Crippen molar-refractivity contribution >= 4 is 6.09 Å². The first-order valence-corrected chi connectivity index (χ1v) is 5.15. The number of amides is 1. The summed E-state index contributed by atoms with van der Waals surface area (Å²) in [5, 5.41) is 6.00. The Kier molecular flexibility index (Phi) is 2.88. The van der Waals surface area contributed by atoms with Gasteiger partial charge in [-0.25, -0.2) is 4.79 Å². The maximum Gasteiger partial charge on any atom is 0.407 e. The van der Waals surface area contributed by atoms with Crippen LogP contribution in [-0.4, -0.2) is 55.9 Å². The Hall–Kier alpha value is -0.810. The van der Waals surface area contributed by atoms with E-state index in [2.05, 4.69) is 22.5 Å². The maximum atomic E-state index is 10.8. The lowest BCUT2D eigenvalue weighted by Crippen LogP contribution is -2.52. The monoisotopic (exact) mass is 199 g/mol. The Labute approximate surface area is 83.8 Å². The van der Waals surface area contributed by atoms with Crippen LogP contribution in [0.1, 0.15) is 6.92 Å². The molecule has 5 nitrogen and oxygen atoms in total. The van der Waals surface area contributed by atoms with E-state index >= 15 is 0 Å². The average Bonchev–Trinajstić information content (AvgIpc) is 2.56. The van der Waals surface area contributed by atoms with E-state index in [4.69, 9.17) is 4.74 Å². The molecule has 1 amide bonds. The highest BCUT2D eigenvalue weighted by molar-refractivity contribution is 5.69. The number of nitrogens with one attached hydrogen (secondary N) is 2. The van der Waals surface area contributed by atoms with E-state index in [0.717, 1.165) is 26.2 Å². The van der Waals surface area contributed by atoms with Crippen LogP contribution in [0.5, 0.6) is 0 Å². The molecule has 0 aromatic carbocycles. The van der Waals surface area contributed by atoms with Crippen LogP contribution >= 0.6 is 0 Å². The minimum absolute atomic E-state index is 0.0306. The molecular formula is C9H17N3O2. The lowest BCUT2D eigenvalue weighted by molar-refractivity contribution is 0.0833. The zero-order valence-corrected chi connectivity index (χ0v) is 8.45. The van der Waals surface area contributed by atoms with Crippen LogP contribution in [0.15, 0.2) is 0 Å². The van der Waals surface area contributed by atoms with E-state index in [-0.39, 0.29) is 12.2 Å². The number of carbonyl (C=O) groups excluding carboxylic acids is 1. The van der Waals surface area contributed by atoms with Crippen molar-refractivity contribution in [1.82, 2.24) is 15.5 Å². The van der Waals surface area contributed by atoms with Crippen LogP contribution < -0.4 is 10.6 Å². The topological polar surface area (TPSA) is 53.6 Å². The predicted octanol–water partition coefficient (Wildman–Crippen LogP) is -0.611. The normalized spacial score (nSPS) is 33.9. The summed E-state index contributed by atoms with van der Waals surface area (Å²) < 4.78 is 5.10. The fourth-order valence-corrected chi connectivity index (χ4v) is 1.95.